The molecule has 6 nitrogen and oxygen atoms in total. The molecule has 2 aromatic carbocycles. The smallest absolute Gasteiger partial charge is 0.338 e. The maximum Gasteiger partial charge on any atom is 0.338 e. The average molecular weight is 394 g/mol. The first-order valence-corrected chi connectivity index (χ1v) is 9.88. The summed E-state index contributed by atoms with van der Waals surface area (Å²) >= 11 is 0. The zero-order valence-electron chi connectivity index (χ0n) is 16.9. The van der Waals surface area contributed by atoms with Crippen molar-refractivity contribution in [1.29, 1.82) is 0 Å². The monoisotopic (exact) mass is 394 g/mol. The fourth-order valence-corrected chi connectivity index (χ4v) is 3.10. The molecule has 0 aliphatic heterocycles. The van der Waals surface area contributed by atoms with Gasteiger partial charge in [0.15, 0.2) is 0 Å². The van der Waals surface area contributed by atoms with Crippen LogP contribution in [0.2, 0.25) is 0 Å². The standard InChI is InChI=1S/C23H26N2O4/c1-4-29-23(28)16-7-11-18(12-8-16)25-22(27)20-13-19(20)21(26)24-17-9-5-15(6-10-17)14(2)3/h5-12,14,19-20H,4,13H2,1-3H3,(H,24,26)(H,25,27). The van der Waals surface area contributed by atoms with Gasteiger partial charge in [-0.1, -0.05) is 26.0 Å². The zero-order chi connectivity index (χ0) is 21.0. The molecule has 0 spiro atoms. The van der Waals surface area contributed by atoms with E-state index in [1.54, 1.807) is 31.2 Å². The van der Waals surface area contributed by atoms with Crippen LogP contribution in [0.1, 0.15) is 49.0 Å². The first kappa shape index (κ1) is 20.6. The zero-order valence-corrected chi connectivity index (χ0v) is 16.9. The summed E-state index contributed by atoms with van der Waals surface area (Å²) in [6, 6.07) is 14.3. The SMILES string of the molecule is CCOC(=O)c1ccc(NC(=O)C2CC2C(=O)Nc2ccc(C(C)C)cc2)cc1. The highest BCUT2D eigenvalue weighted by Gasteiger charge is 2.48. The van der Waals surface area contributed by atoms with Crippen molar-refractivity contribution in [3.8, 4) is 0 Å². The molecular formula is C23H26N2O4. The van der Waals surface area contributed by atoms with Gasteiger partial charge in [-0.3, -0.25) is 9.59 Å². The van der Waals surface area contributed by atoms with Crippen molar-refractivity contribution in [2.24, 2.45) is 11.8 Å². The Kier molecular flexibility index (Phi) is 6.32. The highest BCUT2D eigenvalue weighted by molar-refractivity contribution is 6.03. The molecule has 2 amide bonds. The van der Waals surface area contributed by atoms with Crippen LogP contribution in [0.5, 0.6) is 0 Å². The summed E-state index contributed by atoms with van der Waals surface area (Å²) in [7, 11) is 0. The number of ether oxygens (including phenoxy) is 1. The predicted octanol–water partition coefficient (Wildman–Crippen LogP) is 4.20. The van der Waals surface area contributed by atoms with Crippen molar-refractivity contribution in [1.82, 2.24) is 0 Å². The Labute approximate surface area is 170 Å². The maximum absolute atomic E-state index is 12.4. The number of anilines is 2. The van der Waals surface area contributed by atoms with Crippen LogP contribution in [0.25, 0.3) is 0 Å². The van der Waals surface area contributed by atoms with Crippen molar-refractivity contribution < 1.29 is 19.1 Å². The van der Waals surface area contributed by atoms with Crippen LogP contribution in [-0.4, -0.2) is 24.4 Å². The molecule has 6 heteroatoms. The lowest BCUT2D eigenvalue weighted by Gasteiger charge is -2.09. The normalized spacial score (nSPS) is 17.5. The van der Waals surface area contributed by atoms with Crippen molar-refractivity contribution in [3.63, 3.8) is 0 Å². The number of carbonyl (C=O) groups is 3. The van der Waals surface area contributed by atoms with Gasteiger partial charge in [0.2, 0.25) is 11.8 Å². The molecule has 2 unspecified atom stereocenters. The summed E-state index contributed by atoms with van der Waals surface area (Å²) in [5.41, 5.74) is 2.95. The molecule has 1 saturated carbocycles. The second-order valence-corrected chi connectivity index (χ2v) is 7.50. The number of benzene rings is 2. The molecule has 0 saturated heterocycles. The molecule has 1 fully saturated rings. The summed E-state index contributed by atoms with van der Waals surface area (Å²) in [5, 5.41) is 5.68. The third-order valence-electron chi connectivity index (χ3n) is 4.97. The highest BCUT2D eigenvalue weighted by Crippen LogP contribution is 2.40. The Morgan fingerprint density at radius 1 is 0.897 bits per heavy atom. The quantitative estimate of drug-likeness (QED) is 0.690. The van der Waals surface area contributed by atoms with Crippen LogP contribution in [0.3, 0.4) is 0 Å². The molecule has 0 radical (unpaired) electrons. The molecule has 3 rings (SSSR count). The number of nitrogens with one attached hydrogen (secondary N) is 2. The van der Waals surface area contributed by atoms with Gasteiger partial charge in [0.1, 0.15) is 0 Å². The Bertz CT molecular complexity index is 888. The van der Waals surface area contributed by atoms with Crippen molar-refractivity contribution in [2.45, 2.75) is 33.1 Å². The Hall–Kier alpha value is -3.15. The van der Waals surface area contributed by atoms with Crippen LogP contribution < -0.4 is 10.6 Å². The Morgan fingerprint density at radius 3 is 1.83 bits per heavy atom. The van der Waals surface area contributed by atoms with Gasteiger partial charge >= 0.3 is 5.97 Å². The van der Waals surface area contributed by atoms with Gasteiger partial charge in [-0.05, 0) is 61.2 Å². The summed E-state index contributed by atoms with van der Waals surface area (Å²) in [4.78, 5) is 36.5. The molecule has 2 aromatic rings. The fraction of sp³-hybridized carbons (Fsp3) is 0.348. The number of esters is 1. The number of hydrogen-bond acceptors (Lipinski definition) is 4. The maximum atomic E-state index is 12.4. The molecule has 0 heterocycles. The minimum Gasteiger partial charge on any atom is -0.462 e. The van der Waals surface area contributed by atoms with Gasteiger partial charge in [-0.25, -0.2) is 4.79 Å². The van der Waals surface area contributed by atoms with Crippen molar-refractivity contribution in [3.05, 3.63) is 59.7 Å². The van der Waals surface area contributed by atoms with E-state index in [9.17, 15) is 14.4 Å². The molecule has 1 aliphatic rings. The van der Waals surface area contributed by atoms with E-state index < -0.39 is 5.97 Å². The summed E-state index contributed by atoms with van der Waals surface area (Å²) in [6.07, 6.45) is 0.530. The van der Waals surface area contributed by atoms with Crippen LogP contribution in [0.15, 0.2) is 48.5 Å². The van der Waals surface area contributed by atoms with Crippen LogP contribution >= 0.6 is 0 Å². The Balaban J connectivity index is 1.50. The minimum atomic E-state index is -0.397. The molecule has 2 atom stereocenters. The summed E-state index contributed by atoms with van der Waals surface area (Å²) in [6.45, 7) is 6.29. The lowest BCUT2D eigenvalue weighted by Crippen LogP contribution is -2.20. The van der Waals surface area contributed by atoms with Crippen LogP contribution in [0.4, 0.5) is 11.4 Å². The first-order chi connectivity index (χ1) is 13.9. The third kappa shape index (κ3) is 5.22. The van der Waals surface area contributed by atoms with Crippen LogP contribution in [0, 0.1) is 11.8 Å². The average Bonchev–Trinajstić information content (AvgIpc) is 3.50. The van der Waals surface area contributed by atoms with Crippen molar-refractivity contribution in [2.75, 3.05) is 17.2 Å². The van der Waals surface area contributed by atoms with Gasteiger partial charge in [-0.15, -0.1) is 0 Å². The van der Waals surface area contributed by atoms with E-state index in [0.717, 1.165) is 5.69 Å². The molecule has 0 bridgehead atoms. The lowest BCUT2D eigenvalue weighted by atomic mass is 10.0. The van der Waals surface area contributed by atoms with Crippen LogP contribution in [-0.2, 0) is 14.3 Å². The largest absolute Gasteiger partial charge is 0.462 e. The Morgan fingerprint density at radius 2 is 1.38 bits per heavy atom. The lowest BCUT2D eigenvalue weighted by molar-refractivity contribution is -0.122. The van der Waals surface area contributed by atoms with Gasteiger partial charge in [-0.2, -0.15) is 0 Å². The number of rotatable bonds is 7. The number of hydrogen-bond donors (Lipinski definition) is 2. The molecule has 1 aliphatic carbocycles. The van der Waals surface area contributed by atoms with E-state index in [1.165, 1.54) is 5.56 Å². The van der Waals surface area contributed by atoms with E-state index in [0.29, 0.717) is 30.2 Å². The number of amides is 2. The fourth-order valence-electron chi connectivity index (χ4n) is 3.10. The van der Waals surface area contributed by atoms with E-state index in [-0.39, 0.29) is 23.7 Å². The van der Waals surface area contributed by atoms with Gasteiger partial charge in [0.25, 0.3) is 0 Å². The van der Waals surface area contributed by atoms with Gasteiger partial charge < -0.3 is 15.4 Å². The molecule has 29 heavy (non-hydrogen) atoms. The number of carbonyl (C=O) groups excluding carboxylic acids is 3. The second-order valence-electron chi connectivity index (χ2n) is 7.50. The van der Waals surface area contributed by atoms with E-state index in [1.807, 2.05) is 24.3 Å². The van der Waals surface area contributed by atoms with E-state index >= 15 is 0 Å². The van der Waals surface area contributed by atoms with E-state index in [4.69, 9.17) is 4.74 Å². The van der Waals surface area contributed by atoms with E-state index in [2.05, 4.69) is 24.5 Å². The van der Waals surface area contributed by atoms with Crippen molar-refractivity contribution >= 4 is 29.2 Å². The summed E-state index contributed by atoms with van der Waals surface area (Å²) < 4.78 is 4.93. The third-order valence-corrected chi connectivity index (χ3v) is 4.97. The summed E-state index contributed by atoms with van der Waals surface area (Å²) in [5.74, 6) is -0.953. The molecule has 152 valence electrons. The van der Waals surface area contributed by atoms with Gasteiger partial charge in [0, 0.05) is 11.4 Å². The second kappa shape index (κ2) is 8.90. The van der Waals surface area contributed by atoms with Gasteiger partial charge in [0.05, 0.1) is 24.0 Å². The topological polar surface area (TPSA) is 84.5 Å². The molecule has 2 N–H and O–H groups in total. The predicted molar refractivity (Wildman–Crippen MR) is 112 cm³/mol. The molecule has 0 aromatic heterocycles. The highest BCUT2D eigenvalue weighted by atomic mass is 16.5. The molecular weight excluding hydrogens is 368 g/mol. The minimum absolute atomic E-state index is 0.139. The first-order valence-electron chi connectivity index (χ1n) is 9.88.